The number of aliphatic carboxylic acids is 1. The number of ketones is 1. The number of hydrogen-bond donors (Lipinski definition) is 4. The summed E-state index contributed by atoms with van der Waals surface area (Å²) in [5, 5.41) is 32.7. The van der Waals surface area contributed by atoms with Gasteiger partial charge in [0.2, 0.25) is 12.0 Å². The van der Waals surface area contributed by atoms with Crippen molar-refractivity contribution in [1.82, 2.24) is 0 Å². The number of hydrogen-bond acceptors (Lipinski definition) is 15. The maximum atomic E-state index is 15.2. The third kappa shape index (κ3) is 11.3. The average molecular weight is 944 g/mol. The summed E-state index contributed by atoms with van der Waals surface area (Å²) in [7, 11) is 0. The van der Waals surface area contributed by atoms with Crippen molar-refractivity contribution in [3.63, 3.8) is 0 Å². The normalized spacial score (nSPS) is 27.9. The Bertz CT molecular complexity index is 2330. The van der Waals surface area contributed by atoms with Crippen molar-refractivity contribution in [3.8, 4) is 0 Å². The number of Topliss-reactive ketones (excluding diaryl/α,β-unsaturated/α-hetero) is 1. The van der Waals surface area contributed by atoms with Gasteiger partial charge in [-0.2, -0.15) is 0 Å². The van der Waals surface area contributed by atoms with Crippen LogP contribution in [0.25, 0.3) is 0 Å². The van der Waals surface area contributed by atoms with Gasteiger partial charge in [-0.05, 0) is 61.2 Å². The van der Waals surface area contributed by atoms with E-state index in [1.807, 2.05) is 13.0 Å². The van der Waals surface area contributed by atoms with Crippen LogP contribution in [0.3, 0.4) is 0 Å². The van der Waals surface area contributed by atoms with Gasteiger partial charge in [-0.1, -0.05) is 87.5 Å². The Labute approximate surface area is 394 Å². The van der Waals surface area contributed by atoms with Crippen molar-refractivity contribution in [2.24, 2.45) is 28.4 Å². The van der Waals surface area contributed by atoms with E-state index in [1.54, 1.807) is 113 Å². The van der Waals surface area contributed by atoms with Crippen LogP contribution in [0.4, 0.5) is 4.79 Å². The largest absolute Gasteiger partial charge is 0.509 e. The van der Waals surface area contributed by atoms with Crippen LogP contribution < -0.4 is 5.73 Å². The summed E-state index contributed by atoms with van der Waals surface area (Å²) in [4.78, 5) is 88.2. The fourth-order valence-corrected chi connectivity index (χ4v) is 9.72. The highest BCUT2D eigenvalue weighted by atomic mass is 16.7. The molecule has 3 aliphatic carbocycles. The first-order valence-corrected chi connectivity index (χ1v) is 22.4. The number of esters is 3. The van der Waals surface area contributed by atoms with Gasteiger partial charge >= 0.3 is 24.1 Å². The number of aliphatic hydroxyl groups is 2. The van der Waals surface area contributed by atoms with E-state index in [4.69, 9.17) is 44.1 Å². The van der Waals surface area contributed by atoms with Gasteiger partial charge in [-0.3, -0.25) is 19.2 Å². The van der Waals surface area contributed by atoms with Gasteiger partial charge in [0.1, 0.15) is 17.8 Å². The first-order chi connectivity index (χ1) is 32.1. The number of carbonyl (C=O) groups is 7. The number of primary amides is 1. The number of carboxylic acids is 1. The molecule has 366 valence electrons. The number of rotatable bonds is 11. The second kappa shape index (κ2) is 22.1. The second-order valence-electron chi connectivity index (χ2n) is 18.1. The average Bonchev–Trinajstić information content (AvgIpc) is 3.28. The molecule has 2 saturated carbocycles. The second-order valence-corrected chi connectivity index (χ2v) is 18.1. The Morgan fingerprint density at radius 2 is 1.41 bits per heavy atom. The maximum Gasteiger partial charge on any atom is 0.509 e. The van der Waals surface area contributed by atoms with Crippen molar-refractivity contribution < 1.29 is 77.3 Å². The van der Waals surface area contributed by atoms with E-state index in [2.05, 4.69) is 0 Å². The predicted octanol–water partition coefficient (Wildman–Crippen LogP) is 5.57. The lowest BCUT2D eigenvalue weighted by Gasteiger charge is -2.64. The minimum Gasteiger partial charge on any atom is -0.481 e. The minimum atomic E-state index is -2.12. The molecule has 0 spiro atoms. The first-order valence-electron chi connectivity index (χ1n) is 22.4. The van der Waals surface area contributed by atoms with Gasteiger partial charge in [0.05, 0.1) is 36.4 Å². The summed E-state index contributed by atoms with van der Waals surface area (Å²) in [5.74, 6) is -5.86. The minimum absolute atomic E-state index is 0.0632. The number of carboxylic acid groups (broad SMARTS) is 1. The summed E-state index contributed by atoms with van der Waals surface area (Å²) in [6, 6.07) is 25.8. The number of carbonyl (C=O) groups excluding carboxylic acids is 6. The van der Waals surface area contributed by atoms with E-state index < -0.39 is 101 Å². The third-order valence-electron chi connectivity index (χ3n) is 13.3. The molecule has 3 fully saturated rings. The topological polar surface area (TPSA) is 262 Å². The van der Waals surface area contributed by atoms with Crippen LogP contribution in [0.5, 0.6) is 0 Å². The number of ether oxygens (including phenoxy) is 6. The van der Waals surface area contributed by atoms with Crippen LogP contribution in [0.2, 0.25) is 0 Å². The Kier molecular flexibility index (Phi) is 17.1. The van der Waals surface area contributed by atoms with E-state index >= 15 is 4.79 Å². The van der Waals surface area contributed by atoms with Gasteiger partial charge in [0.15, 0.2) is 11.9 Å². The molecular weight excluding hydrogens is 883 g/mol. The molecule has 1 heterocycles. The summed E-state index contributed by atoms with van der Waals surface area (Å²) < 4.78 is 34.8. The Balaban J connectivity index is 0.000000578. The molecule has 1 amide bonds. The van der Waals surface area contributed by atoms with Crippen LogP contribution in [0, 0.1) is 22.7 Å². The van der Waals surface area contributed by atoms with Crippen molar-refractivity contribution in [3.05, 3.63) is 119 Å². The summed E-state index contributed by atoms with van der Waals surface area (Å²) in [5.41, 5.74) is 1.55. The molecule has 5 N–H and O–H groups in total. The molecule has 17 nitrogen and oxygen atoms in total. The number of nitrogens with two attached hydrogens (primary N) is 1. The lowest BCUT2D eigenvalue weighted by atomic mass is 9.46. The lowest BCUT2D eigenvalue weighted by Crippen LogP contribution is -2.75. The Morgan fingerprint density at radius 1 is 0.853 bits per heavy atom. The summed E-state index contributed by atoms with van der Waals surface area (Å²) >= 11 is 0. The number of fused-ring (bicyclic) bond motifs is 5. The smallest absolute Gasteiger partial charge is 0.481 e. The van der Waals surface area contributed by atoms with Crippen LogP contribution in [0.15, 0.2) is 102 Å². The lowest BCUT2D eigenvalue weighted by molar-refractivity contribution is -0.277. The molecule has 68 heavy (non-hydrogen) atoms. The molecule has 10 atom stereocenters. The zero-order valence-corrected chi connectivity index (χ0v) is 39.2. The number of amides is 1. The number of aliphatic hydroxyl groups excluding tert-OH is 1. The van der Waals surface area contributed by atoms with E-state index in [9.17, 15) is 34.2 Å². The predicted molar refractivity (Wildman–Crippen MR) is 243 cm³/mol. The highest BCUT2D eigenvalue weighted by molar-refractivity contribution is 5.95. The fourth-order valence-electron chi connectivity index (χ4n) is 9.72. The molecule has 3 aromatic rings. The fraction of sp³-hybridized carbons (Fsp3) is 0.471. The molecule has 17 heteroatoms. The summed E-state index contributed by atoms with van der Waals surface area (Å²) in [6.07, 6.45) is -8.53. The zero-order chi connectivity index (χ0) is 50.1. The van der Waals surface area contributed by atoms with Crippen molar-refractivity contribution >= 4 is 41.7 Å². The SMILES string of the molecule is CC(=O)O.CCCOC(=O)O[C@H](Cc1ccccc1)C(=O)O[C@H]1CC2(O)[C@@H](OC(=O)c3ccccc3)C3C4COC4CC(O)C3(C)C(=O)C(OC(C)=O)C(=C1C)C2(C)C.NC(=O)c1ccccc1. The van der Waals surface area contributed by atoms with Crippen LogP contribution in [0.1, 0.15) is 94.0 Å². The van der Waals surface area contributed by atoms with Crippen molar-refractivity contribution in [1.29, 1.82) is 0 Å². The standard InChI is InChI=1S/C42H50O13.C7H7NO.C2H4O2/c1-7-18-50-39(48)54-29(19-25-14-10-8-11-15-25)38(47)53-30-21-42(49)36(55-37(46)26-16-12-9-13-17-26)33-27-22-51-28(27)20-31(44)41(33,6)35(45)34(52-24(3)43)32(23(30)2)40(42,4)5;8-7(9)6-4-2-1-3-5-6;1-2(3)4/h8-17,27-31,33-34,36,44,49H,7,18-22H2,1-6H3;1-5H,(H2,8,9);1H3,(H,3,4)/t27?,28?,29-,30+,31?,33?,34?,36+,41?,42?;;/m1../s1. The van der Waals surface area contributed by atoms with Crippen LogP contribution >= 0.6 is 0 Å². The molecular formula is C51H61NO16. The van der Waals surface area contributed by atoms with E-state index in [0.29, 0.717) is 23.1 Å². The molecule has 4 aliphatic rings. The van der Waals surface area contributed by atoms with Crippen molar-refractivity contribution in [2.75, 3.05) is 13.2 Å². The molecule has 1 saturated heterocycles. The molecule has 1 aliphatic heterocycles. The molecule has 7 unspecified atom stereocenters. The van der Waals surface area contributed by atoms with E-state index in [0.717, 1.165) is 13.8 Å². The van der Waals surface area contributed by atoms with Crippen LogP contribution in [-0.2, 0) is 54.0 Å². The van der Waals surface area contributed by atoms with Crippen LogP contribution in [-0.4, -0.2) is 112 Å². The highest BCUT2D eigenvalue weighted by Crippen LogP contribution is 2.62. The van der Waals surface area contributed by atoms with Gasteiger partial charge in [0.25, 0.3) is 5.97 Å². The van der Waals surface area contributed by atoms with Gasteiger partial charge < -0.3 is 49.5 Å². The van der Waals surface area contributed by atoms with Gasteiger partial charge in [-0.25, -0.2) is 14.4 Å². The van der Waals surface area contributed by atoms with E-state index in [-0.39, 0.29) is 49.5 Å². The quantitative estimate of drug-likeness (QED) is 0.104. The third-order valence-corrected chi connectivity index (χ3v) is 13.3. The molecule has 0 radical (unpaired) electrons. The highest BCUT2D eigenvalue weighted by Gasteiger charge is 2.72. The number of benzene rings is 3. The first kappa shape index (κ1) is 52.5. The van der Waals surface area contributed by atoms with E-state index in [1.165, 1.54) is 0 Å². The zero-order valence-electron chi connectivity index (χ0n) is 39.2. The maximum absolute atomic E-state index is 15.2. The Morgan fingerprint density at radius 3 is 1.91 bits per heavy atom. The molecule has 0 aromatic heterocycles. The molecule has 7 rings (SSSR count). The molecule has 2 bridgehead atoms. The molecule has 3 aromatic carbocycles. The summed E-state index contributed by atoms with van der Waals surface area (Å²) in [6.45, 7) is 10.8. The van der Waals surface area contributed by atoms with Gasteiger partial charge in [-0.15, -0.1) is 0 Å². The van der Waals surface area contributed by atoms with Gasteiger partial charge in [0, 0.05) is 55.9 Å². The Hall–Kier alpha value is -6.43. The van der Waals surface area contributed by atoms with Crippen molar-refractivity contribution in [2.45, 2.75) is 116 Å². The monoisotopic (exact) mass is 943 g/mol.